The second-order valence-corrected chi connectivity index (χ2v) is 6.26. The second kappa shape index (κ2) is 7.91. The Balaban J connectivity index is 1.41. The van der Waals surface area contributed by atoms with Crippen molar-refractivity contribution in [2.75, 3.05) is 12.1 Å². The molecule has 1 amide bonds. The summed E-state index contributed by atoms with van der Waals surface area (Å²) in [5.74, 6) is 1.57. The van der Waals surface area contributed by atoms with E-state index >= 15 is 0 Å². The number of hydrogen-bond donors (Lipinski definition) is 2. The lowest BCUT2D eigenvalue weighted by Crippen LogP contribution is -2.25. The maximum absolute atomic E-state index is 12.4. The number of carbonyl (C=O) groups is 1. The topological polar surface area (TPSA) is 98.3 Å². The van der Waals surface area contributed by atoms with Gasteiger partial charge in [0.2, 0.25) is 12.7 Å². The molecule has 0 saturated heterocycles. The highest BCUT2D eigenvalue weighted by Crippen LogP contribution is 2.32. The fourth-order valence-corrected chi connectivity index (χ4v) is 2.76. The van der Waals surface area contributed by atoms with Crippen molar-refractivity contribution in [2.45, 2.75) is 20.0 Å². The van der Waals surface area contributed by atoms with E-state index in [9.17, 15) is 4.79 Å². The predicted molar refractivity (Wildman–Crippen MR) is 102 cm³/mol. The quantitative estimate of drug-likeness (QED) is 0.681. The third-order valence-electron chi connectivity index (χ3n) is 4.13. The number of fused-ring (bicyclic) bond motifs is 1. The number of anilines is 1. The van der Waals surface area contributed by atoms with Crippen LogP contribution in [0.25, 0.3) is 0 Å². The molecule has 1 aromatic carbocycles. The summed E-state index contributed by atoms with van der Waals surface area (Å²) in [5.41, 5.74) is 2.78. The Morgan fingerprint density at radius 1 is 1.07 bits per heavy atom. The van der Waals surface area contributed by atoms with Crippen LogP contribution in [0, 0.1) is 6.92 Å². The van der Waals surface area contributed by atoms with Crippen molar-refractivity contribution in [3.63, 3.8) is 0 Å². The number of hydrogen-bond acceptors (Lipinski definition) is 7. The molecule has 0 atom stereocenters. The van der Waals surface area contributed by atoms with Crippen LogP contribution in [0.2, 0.25) is 0 Å². The maximum atomic E-state index is 12.4. The molecule has 2 aromatic heterocycles. The van der Waals surface area contributed by atoms with E-state index in [0.717, 1.165) is 22.8 Å². The van der Waals surface area contributed by atoms with E-state index in [-0.39, 0.29) is 12.7 Å². The summed E-state index contributed by atoms with van der Waals surface area (Å²) in [7, 11) is 0. The first kappa shape index (κ1) is 17.7. The zero-order valence-electron chi connectivity index (χ0n) is 15.3. The van der Waals surface area contributed by atoms with Crippen LogP contribution < -0.4 is 20.1 Å². The van der Waals surface area contributed by atoms with Gasteiger partial charge in [-0.05, 0) is 42.8 Å². The van der Waals surface area contributed by atoms with Gasteiger partial charge in [-0.3, -0.25) is 9.78 Å². The van der Waals surface area contributed by atoms with Gasteiger partial charge in [0.1, 0.15) is 5.69 Å². The highest BCUT2D eigenvalue weighted by Gasteiger charge is 2.14. The van der Waals surface area contributed by atoms with Gasteiger partial charge in [-0.1, -0.05) is 12.1 Å². The lowest BCUT2D eigenvalue weighted by Gasteiger charge is -2.09. The minimum atomic E-state index is -0.276. The number of rotatable bonds is 6. The fraction of sp³-hybridized carbons (Fsp3) is 0.200. The summed E-state index contributed by atoms with van der Waals surface area (Å²) in [6.45, 7) is 2.89. The number of pyridine rings is 1. The summed E-state index contributed by atoms with van der Waals surface area (Å²) in [5, 5.41) is 5.97. The van der Waals surface area contributed by atoms with E-state index < -0.39 is 0 Å². The number of amides is 1. The normalized spacial score (nSPS) is 11.9. The Bertz CT molecular complexity index is 994. The van der Waals surface area contributed by atoms with Crippen LogP contribution in [-0.2, 0) is 13.1 Å². The van der Waals surface area contributed by atoms with Gasteiger partial charge < -0.3 is 20.1 Å². The van der Waals surface area contributed by atoms with Gasteiger partial charge in [-0.25, -0.2) is 9.97 Å². The van der Waals surface area contributed by atoms with Crippen LogP contribution in [0.1, 0.15) is 27.4 Å². The smallest absolute Gasteiger partial charge is 0.270 e. The highest BCUT2D eigenvalue weighted by molar-refractivity contribution is 5.92. The highest BCUT2D eigenvalue weighted by atomic mass is 16.7. The SMILES string of the molecule is Cc1cc(C(=O)NCc2ccccn2)nc(NCc2ccc3c(c2)OCO3)n1. The Kier molecular flexibility index (Phi) is 5.01. The Morgan fingerprint density at radius 2 is 1.96 bits per heavy atom. The molecule has 0 radical (unpaired) electrons. The molecular weight excluding hydrogens is 358 g/mol. The molecule has 0 fully saturated rings. The van der Waals surface area contributed by atoms with Gasteiger partial charge in [0.15, 0.2) is 11.5 Å². The van der Waals surface area contributed by atoms with Crippen LogP contribution in [0.5, 0.6) is 11.5 Å². The van der Waals surface area contributed by atoms with Crippen LogP contribution >= 0.6 is 0 Å². The molecule has 0 saturated carbocycles. The van der Waals surface area contributed by atoms with Crippen LogP contribution in [0.4, 0.5) is 5.95 Å². The molecule has 3 aromatic rings. The second-order valence-electron chi connectivity index (χ2n) is 6.26. The zero-order chi connectivity index (χ0) is 19.3. The van der Waals surface area contributed by atoms with Gasteiger partial charge in [-0.2, -0.15) is 0 Å². The van der Waals surface area contributed by atoms with E-state index in [1.165, 1.54) is 0 Å². The minimum Gasteiger partial charge on any atom is -0.454 e. The summed E-state index contributed by atoms with van der Waals surface area (Å²) >= 11 is 0. The van der Waals surface area contributed by atoms with Crippen molar-refractivity contribution in [1.82, 2.24) is 20.3 Å². The number of nitrogens with one attached hydrogen (secondary N) is 2. The van der Waals surface area contributed by atoms with Gasteiger partial charge in [0.25, 0.3) is 5.91 Å². The van der Waals surface area contributed by atoms with Crippen molar-refractivity contribution < 1.29 is 14.3 Å². The molecule has 2 N–H and O–H groups in total. The van der Waals surface area contributed by atoms with Crippen molar-refractivity contribution in [3.05, 3.63) is 71.3 Å². The lowest BCUT2D eigenvalue weighted by molar-refractivity contribution is 0.0945. The molecule has 8 nitrogen and oxygen atoms in total. The van der Waals surface area contributed by atoms with Gasteiger partial charge >= 0.3 is 0 Å². The van der Waals surface area contributed by atoms with Gasteiger partial charge in [0.05, 0.1) is 12.2 Å². The Morgan fingerprint density at radius 3 is 2.82 bits per heavy atom. The molecule has 0 unspecified atom stereocenters. The Labute approximate surface area is 162 Å². The molecule has 1 aliphatic heterocycles. The molecule has 8 heteroatoms. The third kappa shape index (κ3) is 4.17. The molecule has 4 rings (SSSR count). The fourth-order valence-electron chi connectivity index (χ4n) is 2.76. The predicted octanol–water partition coefficient (Wildman–Crippen LogP) is 2.45. The number of aromatic nitrogens is 3. The van der Waals surface area contributed by atoms with E-state index in [1.54, 1.807) is 12.3 Å². The monoisotopic (exact) mass is 377 g/mol. The molecular formula is C20H19N5O3. The first-order valence-electron chi connectivity index (χ1n) is 8.83. The van der Waals surface area contributed by atoms with Crippen molar-refractivity contribution in [2.24, 2.45) is 0 Å². The maximum Gasteiger partial charge on any atom is 0.270 e. The zero-order valence-corrected chi connectivity index (χ0v) is 15.3. The number of ether oxygens (including phenoxy) is 2. The first-order valence-corrected chi connectivity index (χ1v) is 8.83. The van der Waals surface area contributed by atoms with Crippen molar-refractivity contribution in [3.8, 4) is 11.5 Å². The molecule has 0 bridgehead atoms. The van der Waals surface area contributed by atoms with Crippen LogP contribution in [0.15, 0.2) is 48.7 Å². The van der Waals surface area contributed by atoms with E-state index in [2.05, 4.69) is 25.6 Å². The first-order chi connectivity index (χ1) is 13.7. The summed E-state index contributed by atoms with van der Waals surface area (Å²) in [6.07, 6.45) is 1.69. The number of aryl methyl sites for hydroxylation is 1. The molecule has 0 spiro atoms. The van der Waals surface area contributed by atoms with Crippen LogP contribution in [0.3, 0.4) is 0 Å². The van der Waals surface area contributed by atoms with Crippen molar-refractivity contribution >= 4 is 11.9 Å². The van der Waals surface area contributed by atoms with E-state index in [0.29, 0.717) is 30.4 Å². The van der Waals surface area contributed by atoms with Crippen LogP contribution in [-0.4, -0.2) is 27.7 Å². The standard InChI is InChI=1S/C20H19N5O3/c1-13-8-16(19(26)22-11-15-4-2-3-7-21-15)25-20(24-13)23-10-14-5-6-17-18(9-14)28-12-27-17/h2-9H,10-12H2,1H3,(H,22,26)(H,23,24,25). The average molecular weight is 377 g/mol. The van der Waals surface area contributed by atoms with Gasteiger partial charge in [-0.15, -0.1) is 0 Å². The number of benzene rings is 1. The van der Waals surface area contributed by atoms with Crippen molar-refractivity contribution in [1.29, 1.82) is 0 Å². The molecule has 1 aliphatic rings. The Hall–Kier alpha value is -3.68. The summed E-state index contributed by atoms with van der Waals surface area (Å²) in [4.78, 5) is 25.3. The molecule has 28 heavy (non-hydrogen) atoms. The number of nitrogens with zero attached hydrogens (tertiary/aromatic N) is 3. The molecule has 3 heterocycles. The number of carbonyl (C=O) groups excluding carboxylic acids is 1. The molecule has 142 valence electrons. The molecule has 0 aliphatic carbocycles. The summed E-state index contributed by atoms with van der Waals surface area (Å²) < 4.78 is 10.7. The lowest BCUT2D eigenvalue weighted by atomic mass is 10.2. The minimum absolute atomic E-state index is 0.240. The average Bonchev–Trinajstić information content (AvgIpc) is 3.19. The van der Waals surface area contributed by atoms with Gasteiger partial charge in [0, 0.05) is 18.4 Å². The van der Waals surface area contributed by atoms with E-state index in [4.69, 9.17) is 9.47 Å². The summed E-state index contributed by atoms with van der Waals surface area (Å²) in [6, 6.07) is 12.9. The third-order valence-corrected chi connectivity index (χ3v) is 4.13. The van der Waals surface area contributed by atoms with E-state index in [1.807, 2.05) is 43.3 Å². The largest absolute Gasteiger partial charge is 0.454 e.